The van der Waals surface area contributed by atoms with E-state index in [2.05, 4.69) is 5.32 Å². The standard InChI is InChI=1S/C20H31ClN2O2.ClH/c1-23-20(25)16(11-15-7-9-17(21)10-8-15)13-19(24)18(22)12-14-5-3-2-4-6-14;/h7-10,14,16,18-19,24H,2-6,11-13,22H2,1H3,(H,23,25);1H/t16-,18+,19+;/m1./s1. The highest BCUT2D eigenvalue weighted by Gasteiger charge is 2.27. The number of nitrogens with one attached hydrogen (secondary N) is 1. The van der Waals surface area contributed by atoms with Gasteiger partial charge in [0.15, 0.2) is 0 Å². The number of halogens is 2. The number of rotatable bonds is 8. The summed E-state index contributed by atoms with van der Waals surface area (Å²) in [6.07, 6.45) is 7.43. The van der Waals surface area contributed by atoms with Crippen LogP contribution in [0, 0.1) is 11.8 Å². The second-order valence-corrected chi connectivity index (χ2v) is 7.78. The number of benzene rings is 1. The third-order valence-electron chi connectivity index (χ3n) is 5.36. The van der Waals surface area contributed by atoms with Crippen LogP contribution in [0.1, 0.15) is 50.5 Å². The summed E-state index contributed by atoms with van der Waals surface area (Å²) in [5.41, 5.74) is 7.29. The minimum Gasteiger partial charge on any atom is -0.391 e. The number of carbonyl (C=O) groups is 1. The molecule has 1 fully saturated rings. The fourth-order valence-electron chi connectivity index (χ4n) is 3.82. The van der Waals surface area contributed by atoms with Crippen LogP contribution in [0.15, 0.2) is 24.3 Å². The van der Waals surface area contributed by atoms with E-state index in [4.69, 9.17) is 17.3 Å². The van der Waals surface area contributed by atoms with Crippen molar-refractivity contribution in [3.8, 4) is 0 Å². The van der Waals surface area contributed by atoms with Gasteiger partial charge in [0.05, 0.1) is 6.10 Å². The van der Waals surface area contributed by atoms with Crippen LogP contribution in [0.25, 0.3) is 0 Å². The van der Waals surface area contributed by atoms with Crippen molar-refractivity contribution in [2.45, 2.75) is 63.5 Å². The zero-order valence-electron chi connectivity index (χ0n) is 15.5. The maximum Gasteiger partial charge on any atom is 0.223 e. The summed E-state index contributed by atoms with van der Waals surface area (Å²) in [5, 5.41) is 13.9. The van der Waals surface area contributed by atoms with E-state index in [1.54, 1.807) is 7.05 Å². The Kier molecular flexibility index (Phi) is 10.6. The van der Waals surface area contributed by atoms with Crippen LogP contribution in [0.2, 0.25) is 5.02 Å². The molecule has 4 nitrogen and oxygen atoms in total. The average molecular weight is 403 g/mol. The lowest BCUT2D eigenvalue weighted by Gasteiger charge is -2.28. The molecule has 0 spiro atoms. The topological polar surface area (TPSA) is 75.3 Å². The van der Waals surface area contributed by atoms with Gasteiger partial charge < -0.3 is 16.2 Å². The predicted molar refractivity (Wildman–Crippen MR) is 110 cm³/mol. The quantitative estimate of drug-likeness (QED) is 0.619. The first-order chi connectivity index (χ1) is 12.0. The fraction of sp³-hybridized carbons (Fsp3) is 0.650. The monoisotopic (exact) mass is 402 g/mol. The Labute approximate surface area is 168 Å². The van der Waals surface area contributed by atoms with Crippen molar-refractivity contribution >= 4 is 29.9 Å². The number of hydrogen-bond donors (Lipinski definition) is 3. The van der Waals surface area contributed by atoms with Gasteiger partial charge >= 0.3 is 0 Å². The highest BCUT2D eigenvalue weighted by Crippen LogP contribution is 2.28. The predicted octanol–water partition coefficient (Wildman–Crippen LogP) is 3.72. The van der Waals surface area contributed by atoms with Gasteiger partial charge in [0.2, 0.25) is 5.91 Å². The van der Waals surface area contributed by atoms with Gasteiger partial charge in [0, 0.05) is 24.0 Å². The summed E-state index contributed by atoms with van der Waals surface area (Å²) in [6, 6.07) is 7.23. The Hall–Kier alpha value is -0.810. The van der Waals surface area contributed by atoms with E-state index in [9.17, 15) is 9.90 Å². The van der Waals surface area contributed by atoms with E-state index < -0.39 is 6.10 Å². The SMILES string of the molecule is CNC(=O)[C@H](Cc1ccc(Cl)cc1)C[C@H](O)[C@@H](N)CC1CCCCC1.Cl. The number of aliphatic hydroxyl groups excluding tert-OH is 1. The summed E-state index contributed by atoms with van der Waals surface area (Å²) >= 11 is 5.92. The second-order valence-electron chi connectivity index (χ2n) is 7.35. The molecule has 0 bridgehead atoms. The molecule has 3 atom stereocenters. The van der Waals surface area contributed by atoms with Crippen LogP contribution >= 0.6 is 24.0 Å². The van der Waals surface area contributed by atoms with Crippen LogP contribution in [0.4, 0.5) is 0 Å². The van der Waals surface area contributed by atoms with Gasteiger partial charge in [-0.05, 0) is 42.9 Å². The lowest BCUT2D eigenvalue weighted by Crippen LogP contribution is -2.41. The van der Waals surface area contributed by atoms with Crippen LogP contribution in [-0.4, -0.2) is 30.2 Å². The van der Waals surface area contributed by atoms with Gasteiger partial charge in [-0.25, -0.2) is 0 Å². The average Bonchev–Trinajstić information content (AvgIpc) is 2.63. The molecule has 0 aromatic heterocycles. The molecule has 0 heterocycles. The van der Waals surface area contributed by atoms with E-state index in [-0.39, 0.29) is 30.3 Å². The van der Waals surface area contributed by atoms with E-state index in [1.807, 2.05) is 24.3 Å². The summed E-state index contributed by atoms with van der Waals surface area (Å²) < 4.78 is 0. The van der Waals surface area contributed by atoms with Crippen molar-refractivity contribution in [1.82, 2.24) is 5.32 Å². The Balaban J connectivity index is 0.00000338. The minimum atomic E-state index is -0.656. The number of amides is 1. The van der Waals surface area contributed by atoms with Crippen LogP contribution in [0.5, 0.6) is 0 Å². The number of nitrogens with two attached hydrogens (primary N) is 1. The summed E-state index contributed by atoms with van der Waals surface area (Å²) in [6.45, 7) is 0. The fourth-order valence-corrected chi connectivity index (χ4v) is 3.95. The first kappa shape index (κ1) is 23.2. The largest absolute Gasteiger partial charge is 0.391 e. The van der Waals surface area contributed by atoms with Crippen molar-refractivity contribution in [2.75, 3.05) is 7.05 Å². The minimum absolute atomic E-state index is 0. The molecule has 0 unspecified atom stereocenters. The molecule has 4 N–H and O–H groups in total. The molecule has 1 aliphatic carbocycles. The first-order valence-corrected chi connectivity index (χ1v) is 9.77. The zero-order valence-corrected chi connectivity index (χ0v) is 17.1. The number of carbonyl (C=O) groups excluding carboxylic acids is 1. The van der Waals surface area contributed by atoms with Crippen molar-refractivity contribution in [3.63, 3.8) is 0 Å². The summed E-state index contributed by atoms with van der Waals surface area (Å²) in [5.74, 6) is 0.269. The van der Waals surface area contributed by atoms with Crippen molar-refractivity contribution in [2.24, 2.45) is 17.6 Å². The van der Waals surface area contributed by atoms with E-state index in [0.29, 0.717) is 23.8 Å². The van der Waals surface area contributed by atoms with Gasteiger partial charge in [-0.1, -0.05) is 55.8 Å². The van der Waals surface area contributed by atoms with Crippen LogP contribution in [-0.2, 0) is 11.2 Å². The Morgan fingerprint density at radius 3 is 2.46 bits per heavy atom. The van der Waals surface area contributed by atoms with Crippen LogP contribution in [0.3, 0.4) is 0 Å². The van der Waals surface area contributed by atoms with Crippen molar-refractivity contribution < 1.29 is 9.90 Å². The lowest BCUT2D eigenvalue weighted by molar-refractivity contribution is -0.125. The van der Waals surface area contributed by atoms with Crippen LogP contribution < -0.4 is 11.1 Å². The molecule has 1 aliphatic rings. The molecule has 6 heteroatoms. The van der Waals surface area contributed by atoms with E-state index in [0.717, 1.165) is 12.0 Å². The summed E-state index contributed by atoms with van der Waals surface area (Å²) in [7, 11) is 1.63. The van der Waals surface area contributed by atoms with Crippen molar-refractivity contribution in [3.05, 3.63) is 34.9 Å². The maximum absolute atomic E-state index is 12.2. The number of hydrogen-bond acceptors (Lipinski definition) is 3. The van der Waals surface area contributed by atoms with Gasteiger partial charge in [-0.15, -0.1) is 12.4 Å². The maximum atomic E-state index is 12.2. The summed E-state index contributed by atoms with van der Waals surface area (Å²) in [4.78, 5) is 12.2. The van der Waals surface area contributed by atoms with Gasteiger partial charge in [-0.3, -0.25) is 4.79 Å². The molecule has 0 radical (unpaired) electrons. The van der Waals surface area contributed by atoms with Gasteiger partial charge in [0.25, 0.3) is 0 Å². The Bertz CT molecular complexity index is 533. The van der Waals surface area contributed by atoms with Gasteiger partial charge in [-0.2, -0.15) is 0 Å². The number of aliphatic hydroxyl groups is 1. The lowest BCUT2D eigenvalue weighted by atomic mass is 9.82. The third kappa shape index (κ3) is 7.43. The highest BCUT2D eigenvalue weighted by molar-refractivity contribution is 6.30. The molecule has 1 aromatic carbocycles. The second kappa shape index (κ2) is 11.8. The molecule has 0 aliphatic heterocycles. The highest BCUT2D eigenvalue weighted by atomic mass is 35.5. The molecular formula is C20H32Cl2N2O2. The zero-order chi connectivity index (χ0) is 18.2. The Morgan fingerprint density at radius 2 is 1.88 bits per heavy atom. The smallest absolute Gasteiger partial charge is 0.223 e. The van der Waals surface area contributed by atoms with Gasteiger partial charge in [0.1, 0.15) is 0 Å². The van der Waals surface area contributed by atoms with Crippen molar-refractivity contribution in [1.29, 1.82) is 0 Å². The normalized spacial score (nSPS) is 18.5. The molecular weight excluding hydrogens is 371 g/mol. The molecule has 148 valence electrons. The van der Waals surface area contributed by atoms with E-state index in [1.165, 1.54) is 32.1 Å². The van der Waals surface area contributed by atoms with E-state index >= 15 is 0 Å². The molecule has 26 heavy (non-hydrogen) atoms. The Morgan fingerprint density at radius 1 is 1.27 bits per heavy atom. The molecule has 1 amide bonds. The third-order valence-corrected chi connectivity index (χ3v) is 5.62. The molecule has 2 rings (SSSR count). The molecule has 1 saturated carbocycles. The first-order valence-electron chi connectivity index (χ1n) is 9.39. The molecule has 1 aromatic rings. The molecule has 0 saturated heterocycles.